The fourth-order valence-corrected chi connectivity index (χ4v) is 3.88. The molecule has 3 heteroatoms. The quantitative estimate of drug-likeness (QED) is 0.592. The maximum Gasteiger partial charge on any atom is 0.139 e. The summed E-state index contributed by atoms with van der Waals surface area (Å²) in [5.41, 5.74) is 4.27. The molecule has 3 atom stereocenters. The Balaban J connectivity index is 1.84. The molecule has 2 aliphatic rings. The molecule has 2 nitrogen and oxygen atoms in total. The highest BCUT2D eigenvalue weighted by Crippen LogP contribution is 2.52. The van der Waals surface area contributed by atoms with E-state index in [0.29, 0.717) is 11.8 Å². The van der Waals surface area contributed by atoms with E-state index in [4.69, 9.17) is 0 Å². The maximum absolute atomic E-state index is 13.2. The molecule has 0 aromatic heterocycles. The van der Waals surface area contributed by atoms with Crippen LogP contribution in [0, 0.1) is 18.7 Å². The lowest BCUT2D eigenvalue weighted by atomic mass is 9.75. The molecule has 4 rings (SSSR count). The van der Waals surface area contributed by atoms with E-state index >= 15 is 0 Å². The van der Waals surface area contributed by atoms with Crippen molar-refractivity contribution in [3.63, 3.8) is 0 Å². The third kappa shape index (κ3) is 1.92. The lowest BCUT2D eigenvalue weighted by molar-refractivity contribution is 0.413. The SMILES string of the molecule is Cc1ccc(O)c2c1C1C=CCC1C(c1ccc(F)cc1)N2. The monoisotopic (exact) mass is 295 g/mol. The minimum atomic E-state index is -0.222. The number of aryl methyl sites for hydroxylation is 1. The third-order valence-electron chi connectivity index (χ3n) is 4.94. The standard InChI is InChI=1S/C19H18FNO/c1-11-5-10-16(22)19-17(11)14-3-2-4-15(14)18(21-19)12-6-8-13(20)9-7-12/h2-3,5-10,14-15,18,21-22H,4H2,1H3. The Morgan fingerprint density at radius 3 is 2.68 bits per heavy atom. The van der Waals surface area contributed by atoms with Crippen molar-refractivity contribution >= 4 is 5.69 Å². The minimum absolute atomic E-state index is 0.0841. The molecule has 2 N–H and O–H groups in total. The molecule has 3 unspecified atom stereocenters. The summed E-state index contributed by atoms with van der Waals surface area (Å²) in [6, 6.07) is 10.5. The van der Waals surface area contributed by atoms with Gasteiger partial charge in [0.25, 0.3) is 0 Å². The van der Waals surface area contributed by atoms with Crippen molar-refractivity contribution in [2.45, 2.75) is 25.3 Å². The summed E-state index contributed by atoms with van der Waals surface area (Å²) in [6.45, 7) is 2.08. The van der Waals surface area contributed by atoms with E-state index in [1.165, 1.54) is 23.3 Å². The second-order valence-electron chi connectivity index (χ2n) is 6.22. The van der Waals surface area contributed by atoms with Crippen molar-refractivity contribution in [1.29, 1.82) is 0 Å². The number of halogens is 1. The van der Waals surface area contributed by atoms with E-state index in [2.05, 4.69) is 24.4 Å². The van der Waals surface area contributed by atoms with Gasteiger partial charge in [-0.25, -0.2) is 4.39 Å². The zero-order valence-electron chi connectivity index (χ0n) is 12.4. The van der Waals surface area contributed by atoms with Gasteiger partial charge >= 0.3 is 0 Å². The van der Waals surface area contributed by atoms with E-state index in [-0.39, 0.29) is 17.6 Å². The van der Waals surface area contributed by atoms with E-state index in [1.54, 1.807) is 6.07 Å². The van der Waals surface area contributed by atoms with Gasteiger partial charge in [0.2, 0.25) is 0 Å². The summed E-state index contributed by atoms with van der Waals surface area (Å²) in [5, 5.41) is 13.8. The number of anilines is 1. The number of phenols is 1. The van der Waals surface area contributed by atoms with Gasteiger partial charge in [-0.05, 0) is 54.2 Å². The van der Waals surface area contributed by atoms with Crippen molar-refractivity contribution in [3.8, 4) is 5.75 Å². The largest absolute Gasteiger partial charge is 0.506 e. The van der Waals surface area contributed by atoms with Crippen LogP contribution in [0.5, 0.6) is 5.75 Å². The topological polar surface area (TPSA) is 32.3 Å². The molecule has 0 saturated heterocycles. The zero-order valence-corrected chi connectivity index (χ0v) is 12.4. The molecule has 0 bridgehead atoms. The van der Waals surface area contributed by atoms with E-state index < -0.39 is 0 Å². The first-order valence-corrected chi connectivity index (χ1v) is 7.66. The van der Waals surface area contributed by atoms with Crippen LogP contribution in [0.4, 0.5) is 10.1 Å². The Morgan fingerprint density at radius 1 is 1.14 bits per heavy atom. The molecular weight excluding hydrogens is 277 g/mol. The summed E-state index contributed by atoms with van der Waals surface area (Å²) in [7, 11) is 0. The number of hydrogen-bond donors (Lipinski definition) is 2. The van der Waals surface area contributed by atoms with E-state index in [1.807, 2.05) is 18.2 Å². The maximum atomic E-state index is 13.2. The second kappa shape index (κ2) is 4.87. The third-order valence-corrected chi connectivity index (χ3v) is 4.94. The number of nitrogens with one attached hydrogen (secondary N) is 1. The van der Waals surface area contributed by atoms with Crippen molar-refractivity contribution < 1.29 is 9.50 Å². The predicted octanol–water partition coefficient (Wildman–Crippen LogP) is 4.67. The van der Waals surface area contributed by atoms with Crippen molar-refractivity contribution in [3.05, 3.63) is 71.1 Å². The molecule has 2 aromatic rings. The molecule has 0 amide bonds. The van der Waals surface area contributed by atoms with Crippen molar-refractivity contribution in [1.82, 2.24) is 0 Å². The Morgan fingerprint density at radius 2 is 1.91 bits per heavy atom. The zero-order chi connectivity index (χ0) is 15.3. The smallest absolute Gasteiger partial charge is 0.139 e. The summed E-state index contributed by atoms with van der Waals surface area (Å²) in [5.74, 6) is 0.767. The van der Waals surface area contributed by atoms with Gasteiger partial charge in [0, 0.05) is 5.92 Å². The fraction of sp³-hybridized carbons (Fsp3) is 0.263. The van der Waals surface area contributed by atoms with Gasteiger partial charge in [-0.2, -0.15) is 0 Å². The van der Waals surface area contributed by atoms with Gasteiger partial charge in [0.1, 0.15) is 11.6 Å². The van der Waals surface area contributed by atoms with Crippen LogP contribution in [0.1, 0.15) is 35.1 Å². The molecule has 112 valence electrons. The van der Waals surface area contributed by atoms with Crippen LogP contribution < -0.4 is 5.32 Å². The highest BCUT2D eigenvalue weighted by atomic mass is 19.1. The van der Waals surface area contributed by atoms with E-state index in [9.17, 15) is 9.50 Å². The van der Waals surface area contributed by atoms with Gasteiger partial charge in [0.15, 0.2) is 0 Å². The summed E-state index contributed by atoms with van der Waals surface area (Å²) in [6.07, 6.45) is 5.45. The van der Waals surface area contributed by atoms with Gasteiger partial charge in [0.05, 0.1) is 11.7 Å². The van der Waals surface area contributed by atoms with Crippen LogP contribution in [-0.4, -0.2) is 5.11 Å². The van der Waals surface area contributed by atoms with Gasteiger partial charge in [-0.1, -0.05) is 30.4 Å². The molecule has 22 heavy (non-hydrogen) atoms. The van der Waals surface area contributed by atoms with Crippen LogP contribution in [0.3, 0.4) is 0 Å². The van der Waals surface area contributed by atoms with Crippen LogP contribution in [0.2, 0.25) is 0 Å². The fourth-order valence-electron chi connectivity index (χ4n) is 3.88. The first-order valence-electron chi connectivity index (χ1n) is 7.66. The average molecular weight is 295 g/mol. The highest BCUT2D eigenvalue weighted by molar-refractivity contribution is 5.69. The molecular formula is C19H18FNO. The number of rotatable bonds is 1. The number of aromatic hydroxyl groups is 1. The number of allylic oxidation sites excluding steroid dienone is 2. The normalized spacial score (nSPS) is 25.5. The Bertz CT molecular complexity index is 751. The molecule has 0 fully saturated rings. The summed E-state index contributed by atoms with van der Waals surface area (Å²) < 4.78 is 13.2. The van der Waals surface area contributed by atoms with Crippen LogP contribution in [0.15, 0.2) is 48.6 Å². The molecule has 0 spiro atoms. The number of hydrogen-bond acceptors (Lipinski definition) is 2. The van der Waals surface area contributed by atoms with Crippen LogP contribution in [0.25, 0.3) is 0 Å². The van der Waals surface area contributed by atoms with Crippen LogP contribution in [-0.2, 0) is 0 Å². The summed E-state index contributed by atoms with van der Waals surface area (Å²) >= 11 is 0. The van der Waals surface area contributed by atoms with Gasteiger partial charge in [-0.3, -0.25) is 0 Å². The van der Waals surface area contributed by atoms with Crippen molar-refractivity contribution in [2.24, 2.45) is 5.92 Å². The van der Waals surface area contributed by atoms with Gasteiger partial charge < -0.3 is 10.4 Å². The first-order chi connectivity index (χ1) is 10.6. The molecule has 0 saturated carbocycles. The Labute approximate surface area is 129 Å². The van der Waals surface area contributed by atoms with Crippen molar-refractivity contribution in [2.75, 3.05) is 5.32 Å². The predicted molar refractivity (Wildman–Crippen MR) is 85.6 cm³/mol. The molecule has 1 aliphatic heterocycles. The molecule has 1 aliphatic carbocycles. The van der Waals surface area contributed by atoms with E-state index in [0.717, 1.165) is 17.7 Å². The minimum Gasteiger partial charge on any atom is -0.506 e. The lowest BCUT2D eigenvalue weighted by Crippen LogP contribution is -2.29. The Kier molecular flexibility index (Phi) is 2.96. The average Bonchev–Trinajstić information content (AvgIpc) is 3.00. The number of fused-ring (bicyclic) bond motifs is 3. The number of benzene rings is 2. The number of phenolic OH excluding ortho intramolecular Hbond substituents is 1. The molecule has 1 heterocycles. The molecule has 0 radical (unpaired) electrons. The first kappa shape index (κ1) is 13.4. The summed E-state index contributed by atoms with van der Waals surface area (Å²) in [4.78, 5) is 0. The lowest BCUT2D eigenvalue weighted by Gasteiger charge is -2.38. The second-order valence-corrected chi connectivity index (χ2v) is 6.22. The molecule has 2 aromatic carbocycles. The van der Waals surface area contributed by atoms with Crippen LogP contribution >= 0.6 is 0 Å². The van der Waals surface area contributed by atoms with Gasteiger partial charge in [-0.15, -0.1) is 0 Å². The highest BCUT2D eigenvalue weighted by Gasteiger charge is 2.39. The Hall–Kier alpha value is -2.29.